The summed E-state index contributed by atoms with van der Waals surface area (Å²) in [7, 11) is 0. The molecule has 1 aromatic carbocycles. The number of Topliss-reactive ketones (excluding diaryl/α,β-unsaturated/α-hetero) is 1. The minimum atomic E-state index is -0.201. The highest BCUT2D eigenvalue weighted by Crippen LogP contribution is 2.43. The molecule has 0 spiro atoms. The molecule has 1 aromatic rings. The number of hydrogen-bond acceptors (Lipinski definition) is 2. The Morgan fingerprint density at radius 2 is 2.19 bits per heavy atom. The molecular weight excluding hydrogens is 198 g/mol. The van der Waals surface area contributed by atoms with Crippen LogP contribution in [0.25, 0.3) is 0 Å². The third-order valence-corrected chi connectivity index (χ3v) is 3.43. The second-order valence-corrected chi connectivity index (χ2v) is 5.15. The molecular formula is C14H15NO. The maximum Gasteiger partial charge on any atom is 0.139 e. The fourth-order valence-corrected chi connectivity index (χ4v) is 2.40. The molecule has 0 radical (unpaired) electrons. The van der Waals surface area contributed by atoms with Crippen molar-refractivity contribution < 1.29 is 4.79 Å². The van der Waals surface area contributed by atoms with Crippen LogP contribution in [0, 0.1) is 16.7 Å². The van der Waals surface area contributed by atoms with Crippen LogP contribution in [0.1, 0.15) is 43.7 Å². The molecule has 0 saturated heterocycles. The van der Waals surface area contributed by atoms with Gasteiger partial charge in [-0.05, 0) is 30.0 Å². The first-order chi connectivity index (χ1) is 7.53. The molecule has 1 aliphatic rings. The van der Waals surface area contributed by atoms with E-state index in [1.165, 1.54) is 0 Å². The number of nitriles is 1. The normalized spacial score (nSPS) is 23.1. The van der Waals surface area contributed by atoms with E-state index >= 15 is 0 Å². The van der Waals surface area contributed by atoms with Crippen LogP contribution >= 0.6 is 0 Å². The lowest BCUT2D eigenvalue weighted by atomic mass is 9.88. The van der Waals surface area contributed by atoms with Crippen LogP contribution in [0.3, 0.4) is 0 Å². The number of carbonyl (C=O) groups is 1. The zero-order chi connectivity index (χ0) is 11.8. The quantitative estimate of drug-likeness (QED) is 0.719. The second kappa shape index (κ2) is 3.75. The van der Waals surface area contributed by atoms with Gasteiger partial charge < -0.3 is 0 Å². The summed E-state index contributed by atoms with van der Waals surface area (Å²) in [6, 6.07) is 9.74. The van der Waals surface area contributed by atoms with Gasteiger partial charge in [0.15, 0.2) is 0 Å². The third kappa shape index (κ3) is 1.86. The summed E-state index contributed by atoms with van der Waals surface area (Å²) in [4.78, 5) is 11.8. The molecule has 0 bridgehead atoms. The van der Waals surface area contributed by atoms with Crippen LogP contribution in [-0.2, 0) is 4.79 Å². The lowest BCUT2D eigenvalue weighted by molar-refractivity contribution is -0.124. The molecule has 0 unspecified atom stereocenters. The zero-order valence-corrected chi connectivity index (χ0v) is 9.66. The summed E-state index contributed by atoms with van der Waals surface area (Å²) >= 11 is 0. The van der Waals surface area contributed by atoms with Gasteiger partial charge >= 0.3 is 0 Å². The molecule has 0 amide bonds. The van der Waals surface area contributed by atoms with E-state index in [2.05, 4.69) is 6.07 Å². The van der Waals surface area contributed by atoms with E-state index in [0.717, 1.165) is 12.0 Å². The van der Waals surface area contributed by atoms with Crippen molar-refractivity contribution in [1.82, 2.24) is 0 Å². The van der Waals surface area contributed by atoms with Crippen molar-refractivity contribution >= 4 is 5.78 Å². The Balaban J connectivity index is 2.27. The topological polar surface area (TPSA) is 40.9 Å². The average molecular weight is 213 g/mol. The number of benzene rings is 1. The van der Waals surface area contributed by atoms with Gasteiger partial charge in [-0.1, -0.05) is 26.0 Å². The van der Waals surface area contributed by atoms with E-state index < -0.39 is 0 Å². The first-order valence-electron chi connectivity index (χ1n) is 5.56. The summed E-state index contributed by atoms with van der Waals surface area (Å²) in [5, 5.41) is 8.84. The molecule has 16 heavy (non-hydrogen) atoms. The number of ketones is 1. The van der Waals surface area contributed by atoms with Gasteiger partial charge in [-0.25, -0.2) is 0 Å². The standard InChI is InChI=1S/C14H15NO/c1-14(2)8-12(7-13(14)16)11-5-3-4-10(6-11)9-15/h3-6,12H,7-8H2,1-2H3/t12-/m1/s1. The van der Waals surface area contributed by atoms with E-state index in [1.54, 1.807) is 6.07 Å². The van der Waals surface area contributed by atoms with Crippen molar-refractivity contribution in [1.29, 1.82) is 5.26 Å². The van der Waals surface area contributed by atoms with Gasteiger partial charge in [0.25, 0.3) is 0 Å². The highest BCUT2D eigenvalue weighted by molar-refractivity contribution is 5.87. The van der Waals surface area contributed by atoms with Gasteiger partial charge in [-0.15, -0.1) is 0 Å². The largest absolute Gasteiger partial charge is 0.299 e. The van der Waals surface area contributed by atoms with Crippen molar-refractivity contribution in [2.75, 3.05) is 0 Å². The predicted molar refractivity (Wildman–Crippen MR) is 61.9 cm³/mol. The van der Waals surface area contributed by atoms with Crippen molar-refractivity contribution in [2.24, 2.45) is 5.41 Å². The minimum Gasteiger partial charge on any atom is -0.299 e. The van der Waals surface area contributed by atoms with Gasteiger partial charge in [0.05, 0.1) is 11.6 Å². The van der Waals surface area contributed by atoms with E-state index in [0.29, 0.717) is 17.8 Å². The smallest absolute Gasteiger partial charge is 0.139 e. The second-order valence-electron chi connectivity index (χ2n) is 5.15. The van der Waals surface area contributed by atoms with Crippen molar-refractivity contribution in [3.63, 3.8) is 0 Å². The molecule has 2 rings (SSSR count). The molecule has 1 aliphatic carbocycles. The first kappa shape index (κ1) is 10.9. The lowest BCUT2D eigenvalue weighted by Crippen LogP contribution is -2.15. The molecule has 0 aliphatic heterocycles. The van der Waals surface area contributed by atoms with Crippen LogP contribution in [0.4, 0.5) is 0 Å². The Labute approximate surface area is 95.9 Å². The van der Waals surface area contributed by atoms with Gasteiger partial charge in [-0.3, -0.25) is 4.79 Å². The molecule has 1 fully saturated rings. The van der Waals surface area contributed by atoms with Crippen LogP contribution in [-0.4, -0.2) is 5.78 Å². The van der Waals surface area contributed by atoms with Crippen LogP contribution in [0.5, 0.6) is 0 Å². The molecule has 82 valence electrons. The van der Waals surface area contributed by atoms with E-state index in [4.69, 9.17) is 5.26 Å². The number of carbonyl (C=O) groups excluding carboxylic acids is 1. The molecule has 0 aromatic heterocycles. The summed E-state index contributed by atoms with van der Waals surface area (Å²) in [6.07, 6.45) is 1.50. The van der Waals surface area contributed by atoms with Gasteiger partial charge in [0, 0.05) is 11.8 Å². The fourth-order valence-electron chi connectivity index (χ4n) is 2.40. The highest BCUT2D eigenvalue weighted by atomic mass is 16.1. The van der Waals surface area contributed by atoms with E-state index in [9.17, 15) is 4.79 Å². The molecule has 2 heteroatoms. The predicted octanol–water partition coefficient (Wildman–Crippen LogP) is 3.03. The monoisotopic (exact) mass is 213 g/mol. The summed E-state index contributed by atoms with van der Waals surface area (Å²) in [6.45, 7) is 4.01. The maximum atomic E-state index is 11.8. The van der Waals surface area contributed by atoms with E-state index in [-0.39, 0.29) is 11.3 Å². The minimum absolute atomic E-state index is 0.201. The Morgan fingerprint density at radius 1 is 1.44 bits per heavy atom. The van der Waals surface area contributed by atoms with Gasteiger partial charge in [0.2, 0.25) is 0 Å². The number of nitrogens with zero attached hydrogens (tertiary/aromatic N) is 1. The highest BCUT2D eigenvalue weighted by Gasteiger charge is 2.39. The van der Waals surface area contributed by atoms with E-state index in [1.807, 2.05) is 32.0 Å². The Hall–Kier alpha value is -1.62. The van der Waals surface area contributed by atoms with Crippen LogP contribution in [0.2, 0.25) is 0 Å². The summed E-state index contributed by atoms with van der Waals surface area (Å²) < 4.78 is 0. The third-order valence-electron chi connectivity index (χ3n) is 3.43. The molecule has 0 N–H and O–H groups in total. The van der Waals surface area contributed by atoms with Crippen molar-refractivity contribution in [3.8, 4) is 6.07 Å². The van der Waals surface area contributed by atoms with Crippen molar-refractivity contribution in [2.45, 2.75) is 32.6 Å². The number of hydrogen-bond donors (Lipinski definition) is 0. The summed E-state index contributed by atoms with van der Waals surface area (Å²) in [5.74, 6) is 0.621. The van der Waals surface area contributed by atoms with Crippen LogP contribution < -0.4 is 0 Å². The molecule has 1 atom stereocenters. The SMILES string of the molecule is CC1(C)C[C@H](c2cccc(C#N)c2)CC1=O. The Kier molecular flexibility index (Phi) is 2.55. The summed E-state index contributed by atoms with van der Waals surface area (Å²) in [5.41, 5.74) is 1.60. The van der Waals surface area contributed by atoms with Crippen molar-refractivity contribution in [3.05, 3.63) is 35.4 Å². The Morgan fingerprint density at radius 3 is 2.75 bits per heavy atom. The zero-order valence-electron chi connectivity index (χ0n) is 9.66. The van der Waals surface area contributed by atoms with Gasteiger partial charge in [0.1, 0.15) is 5.78 Å². The Bertz CT molecular complexity index is 468. The first-order valence-corrected chi connectivity index (χ1v) is 5.56. The number of rotatable bonds is 1. The molecule has 1 saturated carbocycles. The molecule has 2 nitrogen and oxygen atoms in total. The molecule has 0 heterocycles. The fraction of sp³-hybridized carbons (Fsp3) is 0.429. The average Bonchev–Trinajstić information content (AvgIpc) is 2.54. The van der Waals surface area contributed by atoms with Crippen LogP contribution in [0.15, 0.2) is 24.3 Å². The van der Waals surface area contributed by atoms with Gasteiger partial charge in [-0.2, -0.15) is 5.26 Å². The lowest BCUT2D eigenvalue weighted by Gasteiger charge is -2.15. The maximum absolute atomic E-state index is 11.8.